The Balaban J connectivity index is 2.58. The van der Waals surface area contributed by atoms with Crippen LogP contribution in [0.5, 0.6) is 0 Å². The molecule has 1 fully saturated rings. The molecule has 4 heteroatoms. The van der Waals surface area contributed by atoms with E-state index in [0.29, 0.717) is 12.8 Å². The van der Waals surface area contributed by atoms with E-state index in [4.69, 9.17) is 0 Å². The van der Waals surface area contributed by atoms with Crippen molar-refractivity contribution in [3.8, 4) is 0 Å². The van der Waals surface area contributed by atoms with Crippen LogP contribution in [0, 0.1) is 11.8 Å². The number of hydrogen-bond acceptors (Lipinski definition) is 0. The summed E-state index contributed by atoms with van der Waals surface area (Å²) in [5.74, 6) is -1.94. The average Bonchev–Trinajstić information content (AvgIpc) is 2.07. The van der Waals surface area contributed by atoms with Gasteiger partial charge in [-0.15, -0.1) is 6.58 Å². The van der Waals surface area contributed by atoms with Crippen LogP contribution in [-0.4, -0.2) is 12.3 Å². The van der Waals surface area contributed by atoms with Crippen molar-refractivity contribution in [3.05, 3.63) is 12.7 Å². The molecule has 0 N–H and O–H groups in total. The Morgan fingerprint density at radius 2 is 1.64 bits per heavy atom. The first-order valence-electron chi connectivity index (χ1n) is 4.78. The van der Waals surface area contributed by atoms with E-state index in [-0.39, 0.29) is 12.8 Å². The minimum absolute atomic E-state index is 0.255. The predicted octanol–water partition coefficient (Wildman–Crippen LogP) is 3.88. The zero-order valence-electron chi connectivity index (χ0n) is 7.86. The molecule has 0 bridgehead atoms. The van der Waals surface area contributed by atoms with Crippen LogP contribution in [0.25, 0.3) is 0 Å². The third-order valence-electron chi connectivity index (χ3n) is 2.84. The number of alkyl halides is 4. The van der Waals surface area contributed by atoms with Gasteiger partial charge in [-0.25, -0.2) is 4.39 Å². The highest BCUT2D eigenvalue weighted by Gasteiger charge is 2.43. The molecule has 0 aromatic carbocycles. The Kier molecular flexibility index (Phi) is 3.56. The fourth-order valence-electron chi connectivity index (χ4n) is 2.03. The number of rotatable bonds is 2. The van der Waals surface area contributed by atoms with Crippen LogP contribution in [0.1, 0.15) is 25.7 Å². The normalized spacial score (nSPS) is 31.1. The van der Waals surface area contributed by atoms with Gasteiger partial charge in [0.2, 0.25) is 0 Å². The largest absolute Gasteiger partial charge is 0.395 e. The molecular weight excluding hydrogens is 196 g/mol. The maximum absolute atomic E-state index is 12.7. The summed E-state index contributed by atoms with van der Waals surface area (Å²) in [5, 5.41) is 0. The lowest BCUT2D eigenvalue weighted by molar-refractivity contribution is -0.177. The molecule has 0 spiro atoms. The molecule has 0 heterocycles. The maximum atomic E-state index is 12.7. The van der Waals surface area contributed by atoms with Gasteiger partial charge in [0.1, 0.15) is 6.17 Å². The maximum Gasteiger partial charge on any atom is 0.395 e. The van der Waals surface area contributed by atoms with Crippen LogP contribution < -0.4 is 0 Å². The second-order valence-electron chi connectivity index (χ2n) is 3.82. The Morgan fingerprint density at radius 3 is 2.00 bits per heavy atom. The highest BCUT2D eigenvalue weighted by atomic mass is 19.4. The standard InChI is InChI=1S/C10H14F4/c1-2-9(10(12,13)14)7-3-5-8(11)6-4-7/h2,7-9H,1,3-6H2. The summed E-state index contributed by atoms with van der Waals surface area (Å²) in [6.07, 6.45) is -3.05. The highest BCUT2D eigenvalue weighted by molar-refractivity contribution is 4.91. The summed E-state index contributed by atoms with van der Waals surface area (Å²) >= 11 is 0. The Hall–Kier alpha value is -0.540. The highest BCUT2D eigenvalue weighted by Crippen LogP contribution is 2.40. The first kappa shape index (κ1) is 11.5. The number of halogens is 4. The van der Waals surface area contributed by atoms with Crippen LogP contribution in [0.2, 0.25) is 0 Å². The second-order valence-corrected chi connectivity index (χ2v) is 3.82. The molecule has 1 aliphatic carbocycles. The van der Waals surface area contributed by atoms with E-state index in [1.807, 2.05) is 0 Å². The monoisotopic (exact) mass is 210 g/mol. The zero-order chi connectivity index (χ0) is 10.8. The van der Waals surface area contributed by atoms with E-state index in [2.05, 4.69) is 6.58 Å². The minimum atomic E-state index is -4.23. The smallest absolute Gasteiger partial charge is 0.247 e. The number of hydrogen-bond donors (Lipinski definition) is 0. The van der Waals surface area contributed by atoms with E-state index in [1.165, 1.54) is 0 Å². The molecule has 0 amide bonds. The first-order valence-corrected chi connectivity index (χ1v) is 4.78. The molecule has 14 heavy (non-hydrogen) atoms. The third-order valence-corrected chi connectivity index (χ3v) is 2.84. The van der Waals surface area contributed by atoms with Gasteiger partial charge in [-0.2, -0.15) is 13.2 Å². The lowest BCUT2D eigenvalue weighted by Crippen LogP contribution is -2.31. The van der Waals surface area contributed by atoms with Crippen LogP contribution in [0.15, 0.2) is 12.7 Å². The third kappa shape index (κ3) is 2.72. The second kappa shape index (κ2) is 4.32. The van der Waals surface area contributed by atoms with E-state index in [9.17, 15) is 17.6 Å². The molecule has 82 valence electrons. The fourth-order valence-corrected chi connectivity index (χ4v) is 2.03. The molecule has 1 atom stereocenters. The minimum Gasteiger partial charge on any atom is -0.247 e. The summed E-state index contributed by atoms with van der Waals surface area (Å²) in [5.41, 5.74) is 0. The first-order chi connectivity index (χ1) is 6.45. The zero-order valence-corrected chi connectivity index (χ0v) is 7.86. The summed E-state index contributed by atoms with van der Waals surface area (Å²) in [7, 11) is 0. The van der Waals surface area contributed by atoms with E-state index >= 15 is 0 Å². The molecule has 1 rings (SSSR count). The number of allylic oxidation sites excluding steroid dienone is 1. The van der Waals surface area contributed by atoms with E-state index in [0.717, 1.165) is 6.08 Å². The molecule has 0 aromatic rings. The van der Waals surface area contributed by atoms with Gasteiger partial charge in [-0.05, 0) is 31.6 Å². The van der Waals surface area contributed by atoms with Crippen molar-refractivity contribution in [1.29, 1.82) is 0 Å². The summed E-state index contributed by atoms with van der Waals surface area (Å²) in [6, 6.07) is 0. The van der Waals surface area contributed by atoms with Crippen molar-refractivity contribution in [3.63, 3.8) is 0 Å². The van der Waals surface area contributed by atoms with Crippen molar-refractivity contribution in [1.82, 2.24) is 0 Å². The van der Waals surface area contributed by atoms with Crippen molar-refractivity contribution in [2.24, 2.45) is 11.8 Å². The Labute approximate surface area is 81.0 Å². The van der Waals surface area contributed by atoms with Gasteiger partial charge in [0.05, 0.1) is 5.92 Å². The molecule has 1 aliphatic rings. The fraction of sp³-hybridized carbons (Fsp3) is 0.800. The molecule has 1 unspecified atom stereocenters. The topological polar surface area (TPSA) is 0 Å². The van der Waals surface area contributed by atoms with Crippen LogP contribution in [-0.2, 0) is 0 Å². The van der Waals surface area contributed by atoms with Crippen LogP contribution in [0.3, 0.4) is 0 Å². The van der Waals surface area contributed by atoms with Gasteiger partial charge < -0.3 is 0 Å². The lowest BCUT2D eigenvalue weighted by Gasteiger charge is -2.30. The summed E-state index contributed by atoms with van der Waals surface area (Å²) < 4.78 is 50.0. The van der Waals surface area contributed by atoms with Crippen LogP contribution >= 0.6 is 0 Å². The van der Waals surface area contributed by atoms with Gasteiger partial charge in [-0.3, -0.25) is 0 Å². The van der Waals surface area contributed by atoms with Gasteiger partial charge in [0, 0.05) is 0 Å². The predicted molar refractivity (Wildman–Crippen MR) is 46.6 cm³/mol. The molecular formula is C10H14F4. The van der Waals surface area contributed by atoms with Crippen molar-refractivity contribution in [2.45, 2.75) is 38.0 Å². The van der Waals surface area contributed by atoms with Crippen molar-refractivity contribution in [2.75, 3.05) is 0 Å². The molecule has 0 nitrogen and oxygen atoms in total. The summed E-state index contributed by atoms with van der Waals surface area (Å²) in [4.78, 5) is 0. The van der Waals surface area contributed by atoms with Gasteiger partial charge in [0.15, 0.2) is 0 Å². The van der Waals surface area contributed by atoms with Crippen molar-refractivity contribution >= 4 is 0 Å². The molecule has 0 aliphatic heterocycles. The van der Waals surface area contributed by atoms with Gasteiger partial charge in [-0.1, -0.05) is 6.08 Å². The Bertz CT molecular complexity index is 189. The molecule has 0 aromatic heterocycles. The summed E-state index contributed by atoms with van der Waals surface area (Å²) in [6.45, 7) is 3.21. The van der Waals surface area contributed by atoms with E-state index in [1.54, 1.807) is 0 Å². The van der Waals surface area contributed by atoms with Crippen LogP contribution in [0.4, 0.5) is 17.6 Å². The van der Waals surface area contributed by atoms with Crippen molar-refractivity contribution < 1.29 is 17.6 Å². The quantitative estimate of drug-likeness (QED) is 0.479. The molecule has 0 saturated heterocycles. The Morgan fingerprint density at radius 1 is 1.14 bits per heavy atom. The van der Waals surface area contributed by atoms with E-state index < -0.39 is 24.2 Å². The van der Waals surface area contributed by atoms with Gasteiger partial charge in [0.25, 0.3) is 0 Å². The van der Waals surface area contributed by atoms with Gasteiger partial charge >= 0.3 is 6.18 Å². The SMILES string of the molecule is C=CC(C1CCC(F)CC1)C(F)(F)F. The lowest BCUT2D eigenvalue weighted by atomic mass is 9.79. The molecule has 0 radical (unpaired) electrons. The average molecular weight is 210 g/mol. The molecule has 1 saturated carbocycles.